The first-order valence-corrected chi connectivity index (χ1v) is 9.52. The maximum Gasteiger partial charge on any atom is 0.264 e. The van der Waals surface area contributed by atoms with Crippen molar-refractivity contribution in [3.63, 3.8) is 0 Å². The number of hydrogen-bond acceptors (Lipinski definition) is 5. The number of carbonyl (C=O) groups is 1. The summed E-state index contributed by atoms with van der Waals surface area (Å²) in [6, 6.07) is 13.7. The fraction of sp³-hybridized carbons (Fsp3) is 0.111. The first-order valence-electron chi connectivity index (χ1n) is 7.42. The molecule has 4 nitrogen and oxygen atoms in total. The highest BCUT2D eigenvalue weighted by Gasteiger charge is 2.09. The Morgan fingerprint density at radius 2 is 2.08 bits per heavy atom. The van der Waals surface area contributed by atoms with E-state index in [1.807, 2.05) is 35.9 Å². The fourth-order valence-electron chi connectivity index (χ4n) is 2.09. The Morgan fingerprint density at radius 3 is 2.80 bits per heavy atom. The zero-order valence-electron chi connectivity index (χ0n) is 13.4. The molecule has 0 fully saturated rings. The van der Waals surface area contributed by atoms with Crippen molar-refractivity contribution in [3.8, 4) is 17.0 Å². The van der Waals surface area contributed by atoms with Gasteiger partial charge < -0.3 is 4.74 Å². The molecule has 25 heavy (non-hydrogen) atoms. The number of benzene rings is 2. The third-order valence-corrected chi connectivity index (χ3v) is 4.80. The second-order valence-corrected chi connectivity index (χ2v) is 6.80. The third-order valence-electron chi connectivity index (χ3n) is 3.30. The Bertz CT molecular complexity index is 866. The molecule has 2 aromatic carbocycles. The summed E-state index contributed by atoms with van der Waals surface area (Å²) < 4.78 is 18.3. The maximum atomic E-state index is 13.1. The number of nitrogens with zero attached hydrogens (tertiary/aromatic N) is 1. The van der Waals surface area contributed by atoms with Crippen LogP contribution in [0.3, 0.4) is 0 Å². The van der Waals surface area contributed by atoms with E-state index < -0.39 is 5.82 Å². The summed E-state index contributed by atoms with van der Waals surface area (Å²) in [4.78, 5) is 17.5. The van der Waals surface area contributed by atoms with E-state index in [2.05, 4.69) is 10.3 Å². The molecule has 0 spiro atoms. The van der Waals surface area contributed by atoms with Crippen LogP contribution >= 0.6 is 23.1 Å². The van der Waals surface area contributed by atoms with Gasteiger partial charge in [-0.05, 0) is 30.5 Å². The SMILES string of the molecule is CSc1ccc(-c2csc(NC(=O)COc3cccc(F)c3)n2)cc1. The van der Waals surface area contributed by atoms with Crippen molar-refractivity contribution >= 4 is 34.1 Å². The molecule has 3 rings (SSSR count). The highest BCUT2D eigenvalue weighted by Crippen LogP contribution is 2.26. The average Bonchev–Trinajstić information content (AvgIpc) is 3.08. The lowest BCUT2D eigenvalue weighted by Crippen LogP contribution is -2.20. The van der Waals surface area contributed by atoms with Crippen molar-refractivity contribution in [1.29, 1.82) is 0 Å². The van der Waals surface area contributed by atoms with E-state index in [0.29, 0.717) is 10.9 Å². The van der Waals surface area contributed by atoms with Crippen LogP contribution in [-0.4, -0.2) is 23.8 Å². The highest BCUT2D eigenvalue weighted by molar-refractivity contribution is 7.98. The molecule has 0 bridgehead atoms. The van der Waals surface area contributed by atoms with Crippen molar-refractivity contribution in [1.82, 2.24) is 4.98 Å². The summed E-state index contributed by atoms with van der Waals surface area (Å²) in [5.74, 6) is -0.443. The molecule has 0 saturated carbocycles. The minimum Gasteiger partial charge on any atom is -0.484 e. The van der Waals surface area contributed by atoms with Gasteiger partial charge in [0.2, 0.25) is 0 Å². The summed E-state index contributed by atoms with van der Waals surface area (Å²) in [6.45, 7) is -0.208. The number of aromatic nitrogens is 1. The average molecular weight is 374 g/mol. The minimum absolute atomic E-state index is 0.208. The number of anilines is 1. The van der Waals surface area contributed by atoms with Gasteiger partial charge in [0.15, 0.2) is 11.7 Å². The summed E-state index contributed by atoms with van der Waals surface area (Å²) >= 11 is 3.02. The predicted octanol–water partition coefficient (Wildman–Crippen LogP) is 4.69. The standard InChI is InChI=1S/C18H15FN2O2S2/c1-24-15-7-5-12(6-8-15)16-11-25-18(20-16)21-17(22)10-23-14-4-2-3-13(19)9-14/h2-9,11H,10H2,1H3,(H,20,21,22). The van der Waals surface area contributed by atoms with E-state index in [1.54, 1.807) is 17.8 Å². The van der Waals surface area contributed by atoms with Gasteiger partial charge in [-0.25, -0.2) is 9.37 Å². The van der Waals surface area contributed by atoms with Gasteiger partial charge in [-0.1, -0.05) is 18.2 Å². The van der Waals surface area contributed by atoms with Crippen molar-refractivity contribution in [3.05, 3.63) is 59.7 Å². The molecule has 0 aliphatic heterocycles. The number of rotatable bonds is 6. The molecule has 1 heterocycles. The lowest BCUT2D eigenvalue weighted by atomic mass is 10.2. The van der Waals surface area contributed by atoms with Crippen LogP contribution < -0.4 is 10.1 Å². The number of amides is 1. The van der Waals surface area contributed by atoms with Crippen molar-refractivity contribution in [2.24, 2.45) is 0 Å². The summed E-state index contributed by atoms with van der Waals surface area (Å²) in [7, 11) is 0. The van der Waals surface area contributed by atoms with Crippen LogP contribution in [0.5, 0.6) is 5.75 Å². The molecular weight excluding hydrogens is 359 g/mol. The molecule has 7 heteroatoms. The number of ether oxygens (including phenoxy) is 1. The van der Waals surface area contributed by atoms with Crippen molar-refractivity contribution < 1.29 is 13.9 Å². The van der Waals surface area contributed by atoms with E-state index >= 15 is 0 Å². The van der Waals surface area contributed by atoms with Gasteiger partial charge in [0.05, 0.1) is 5.69 Å². The number of thiazole rings is 1. The molecule has 1 aromatic heterocycles. The Labute approximate surface area is 153 Å². The van der Waals surface area contributed by atoms with E-state index in [9.17, 15) is 9.18 Å². The summed E-state index contributed by atoms with van der Waals surface area (Å²) in [5.41, 5.74) is 1.80. The maximum absolute atomic E-state index is 13.1. The van der Waals surface area contributed by atoms with Crippen LogP contribution in [0.1, 0.15) is 0 Å². The van der Waals surface area contributed by atoms with Crippen LogP contribution in [0, 0.1) is 5.82 Å². The Kier molecular flexibility index (Phi) is 5.67. The first kappa shape index (κ1) is 17.4. The van der Waals surface area contributed by atoms with E-state index in [0.717, 1.165) is 11.3 Å². The molecule has 3 aromatic rings. The van der Waals surface area contributed by atoms with Crippen molar-refractivity contribution in [2.75, 3.05) is 18.2 Å². The molecule has 1 amide bonds. The number of nitrogens with one attached hydrogen (secondary N) is 1. The Balaban J connectivity index is 1.57. The van der Waals surface area contributed by atoms with Crippen molar-refractivity contribution in [2.45, 2.75) is 4.90 Å². The van der Waals surface area contributed by atoms with Gasteiger partial charge >= 0.3 is 0 Å². The number of carbonyl (C=O) groups excluding carboxylic acids is 1. The van der Waals surface area contributed by atoms with Gasteiger partial charge in [0, 0.05) is 21.9 Å². The van der Waals surface area contributed by atoms with Gasteiger partial charge in [-0.15, -0.1) is 23.1 Å². The quantitative estimate of drug-likeness (QED) is 0.636. The van der Waals surface area contributed by atoms with Crippen LogP contribution in [0.4, 0.5) is 9.52 Å². The van der Waals surface area contributed by atoms with Crippen LogP contribution in [-0.2, 0) is 4.79 Å². The lowest BCUT2D eigenvalue weighted by molar-refractivity contribution is -0.118. The third kappa shape index (κ3) is 4.80. The number of thioether (sulfide) groups is 1. The molecule has 0 aliphatic rings. The Hall–Kier alpha value is -2.38. The second-order valence-electron chi connectivity index (χ2n) is 5.06. The van der Waals surface area contributed by atoms with E-state index in [1.165, 1.54) is 34.4 Å². The molecule has 1 N–H and O–H groups in total. The first-order chi connectivity index (χ1) is 12.1. The zero-order valence-corrected chi connectivity index (χ0v) is 15.0. The molecule has 0 radical (unpaired) electrons. The topological polar surface area (TPSA) is 51.2 Å². The van der Waals surface area contributed by atoms with E-state index in [4.69, 9.17) is 4.74 Å². The second kappa shape index (κ2) is 8.13. The largest absolute Gasteiger partial charge is 0.484 e. The minimum atomic E-state index is -0.407. The zero-order chi connectivity index (χ0) is 17.6. The van der Waals surface area contributed by atoms with Gasteiger partial charge in [0.25, 0.3) is 5.91 Å². The fourth-order valence-corrected chi connectivity index (χ4v) is 3.23. The monoisotopic (exact) mass is 374 g/mol. The molecular formula is C18H15FN2O2S2. The molecule has 128 valence electrons. The van der Waals surface area contributed by atoms with Gasteiger partial charge in [-0.2, -0.15) is 0 Å². The predicted molar refractivity (Wildman–Crippen MR) is 99.9 cm³/mol. The van der Waals surface area contributed by atoms with Crippen LogP contribution in [0.25, 0.3) is 11.3 Å². The lowest BCUT2D eigenvalue weighted by Gasteiger charge is -2.05. The smallest absolute Gasteiger partial charge is 0.264 e. The summed E-state index contributed by atoms with van der Waals surface area (Å²) in [6.07, 6.45) is 2.03. The molecule has 0 atom stereocenters. The Morgan fingerprint density at radius 1 is 1.28 bits per heavy atom. The van der Waals surface area contributed by atoms with Gasteiger partial charge in [0.1, 0.15) is 11.6 Å². The van der Waals surface area contributed by atoms with Gasteiger partial charge in [-0.3, -0.25) is 10.1 Å². The number of hydrogen-bond donors (Lipinski definition) is 1. The normalized spacial score (nSPS) is 10.5. The molecule has 0 aliphatic carbocycles. The molecule has 0 saturated heterocycles. The number of halogens is 1. The highest BCUT2D eigenvalue weighted by atomic mass is 32.2. The van der Waals surface area contributed by atoms with Crippen LogP contribution in [0.15, 0.2) is 58.8 Å². The van der Waals surface area contributed by atoms with Crippen LogP contribution in [0.2, 0.25) is 0 Å². The molecule has 0 unspecified atom stereocenters. The van der Waals surface area contributed by atoms with E-state index in [-0.39, 0.29) is 12.5 Å². The summed E-state index contributed by atoms with van der Waals surface area (Å²) in [5, 5.41) is 5.07.